The molecule has 5 aromatic rings. The molecule has 0 radical (unpaired) electrons. The minimum atomic E-state index is -0.573. The number of H-pyrrole nitrogens is 1. The molecule has 10 heteroatoms. The van der Waals surface area contributed by atoms with Crippen LogP contribution in [0.25, 0.3) is 39.1 Å². The fraction of sp³-hybridized carbons (Fsp3) is 0.333. The van der Waals surface area contributed by atoms with Crippen molar-refractivity contribution in [2.75, 3.05) is 38.0 Å². The van der Waals surface area contributed by atoms with Gasteiger partial charge in [0.15, 0.2) is 5.82 Å². The summed E-state index contributed by atoms with van der Waals surface area (Å²) in [4.78, 5) is 44.6. The number of carbonyl (C=O) groups excluding carboxylic acids is 2. The van der Waals surface area contributed by atoms with Crippen LogP contribution in [-0.2, 0) is 9.59 Å². The van der Waals surface area contributed by atoms with Gasteiger partial charge in [0.2, 0.25) is 11.8 Å². The van der Waals surface area contributed by atoms with Gasteiger partial charge in [-0.15, -0.1) is 0 Å². The van der Waals surface area contributed by atoms with E-state index in [1.54, 1.807) is 18.6 Å². The molecule has 0 aliphatic carbocycles. The third-order valence-electron chi connectivity index (χ3n) is 9.70. The normalized spacial score (nSPS) is 18.2. The number of hydrogen-bond acceptors (Lipinski definition) is 7. The fourth-order valence-electron chi connectivity index (χ4n) is 7.32. The Morgan fingerprint density at radius 1 is 0.939 bits per heavy atom. The maximum atomic E-state index is 14.1. The monoisotopic (exact) mass is 654 g/mol. The number of amides is 2. The molecule has 10 nitrogen and oxygen atoms in total. The van der Waals surface area contributed by atoms with Crippen molar-refractivity contribution in [3.05, 3.63) is 96.6 Å². The van der Waals surface area contributed by atoms with Crippen molar-refractivity contribution in [3.8, 4) is 22.6 Å². The largest absolute Gasteiger partial charge is 0.338 e. The molecule has 1 atom stereocenters. The average molecular weight is 655 g/mol. The Morgan fingerprint density at radius 3 is 2.47 bits per heavy atom. The minimum absolute atomic E-state index is 0.00990. The number of hydrogen-bond donors (Lipinski definition) is 2. The first-order chi connectivity index (χ1) is 23.8. The Hall–Kier alpha value is -5.22. The van der Waals surface area contributed by atoms with Gasteiger partial charge < -0.3 is 10.2 Å². The van der Waals surface area contributed by atoms with Gasteiger partial charge in [0, 0.05) is 66.1 Å². The molecule has 3 aromatic heterocycles. The maximum absolute atomic E-state index is 14.1. The van der Waals surface area contributed by atoms with E-state index in [4.69, 9.17) is 0 Å². The fourth-order valence-corrected chi connectivity index (χ4v) is 7.32. The van der Waals surface area contributed by atoms with Crippen LogP contribution in [0.4, 0.5) is 5.69 Å². The second-order valence-electron chi connectivity index (χ2n) is 13.8. The highest BCUT2D eigenvalue weighted by molar-refractivity contribution is 6.00. The van der Waals surface area contributed by atoms with Gasteiger partial charge in [-0.3, -0.25) is 24.6 Å². The van der Waals surface area contributed by atoms with E-state index < -0.39 is 5.41 Å². The molecule has 2 aromatic carbocycles. The van der Waals surface area contributed by atoms with Gasteiger partial charge in [0.05, 0.1) is 17.5 Å². The first-order valence-electron chi connectivity index (χ1n) is 17.1. The van der Waals surface area contributed by atoms with Crippen molar-refractivity contribution < 1.29 is 9.59 Å². The summed E-state index contributed by atoms with van der Waals surface area (Å²) in [5, 5.41) is 11.8. The van der Waals surface area contributed by atoms with Crippen LogP contribution in [0.5, 0.6) is 0 Å². The van der Waals surface area contributed by atoms with E-state index in [-0.39, 0.29) is 11.8 Å². The lowest BCUT2D eigenvalue weighted by atomic mass is 9.78. The molecule has 2 aliphatic heterocycles. The zero-order chi connectivity index (χ0) is 34.0. The zero-order valence-electron chi connectivity index (χ0n) is 28.3. The number of benzene rings is 2. The van der Waals surface area contributed by atoms with Crippen LogP contribution < -0.4 is 5.32 Å². The van der Waals surface area contributed by atoms with Gasteiger partial charge in [-0.05, 0) is 86.2 Å². The number of carbonyl (C=O) groups is 2. The van der Waals surface area contributed by atoms with Crippen LogP contribution in [0.2, 0.25) is 0 Å². The summed E-state index contributed by atoms with van der Waals surface area (Å²) in [7, 11) is 0. The molecular weight excluding hydrogens is 612 g/mol. The topological polar surface area (TPSA) is 120 Å². The van der Waals surface area contributed by atoms with Crippen LogP contribution in [-0.4, -0.2) is 79.5 Å². The molecule has 1 fully saturated rings. The van der Waals surface area contributed by atoms with Gasteiger partial charge >= 0.3 is 0 Å². The van der Waals surface area contributed by atoms with E-state index in [2.05, 4.69) is 67.4 Å². The van der Waals surface area contributed by atoms with E-state index in [0.717, 1.165) is 57.5 Å². The van der Waals surface area contributed by atoms with Crippen LogP contribution in [0, 0.1) is 18.3 Å². The summed E-state index contributed by atoms with van der Waals surface area (Å²) >= 11 is 0. The SMILES string of the molecule is Cc1cc(-c2n[nH]c3ccc(NC(=O)C4(CC(C)C)CCN(CC(=O)N5CC=C(c6ccc(-c7ncccn7)cc6)CC5)C4)cc23)ccn1. The molecule has 250 valence electrons. The third kappa shape index (κ3) is 7.00. The van der Waals surface area contributed by atoms with Gasteiger partial charge in [0.1, 0.15) is 5.69 Å². The summed E-state index contributed by atoms with van der Waals surface area (Å²) in [5.74, 6) is 1.16. The Kier molecular flexibility index (Phi) is 9.05. The van der Waals surface area contributed by atoms with Crippen LogP contribution in [0.1, 0.15) is 44.4 Å². The summed E-state index contributed by atoms with van der Waals surface area (Å²) < 4.78 is 0. The van der Waals surface area contributed by atoms with Crippen molar-refractivity contribution in [1.29, 1.82) is 0 Å². The molecule has 2 N–H and O–H groups in total. The molecule has 7 rings (SSSR count). The van der Waals surface area contributed by atoms with E-state index in [1.807, 2.05) is 60.4 Å². The van der Waals surface area contributed by atoms with Crippen LogP contribution >= 0.6 is 0 Å². The predicted molar refractivity (Wildman–Crippen MR) is 192 cm³/mol. The number of aromatic nitrogens is 5. The van der Waals surface area contributed by atoms with Gasteiger partial charge in [-0.1, -0.05) is 44.2 Å². The molecular formula is C39H42N8O2. The second-order valence-corrected chi connectivity index (χ2v) is 13.8. The molecule has 2 amide bonds. The lowest BCUT2D eigenvalue weighted by Crippen LogP contribution is -2.44. The summed E-state index contributed by atoms with van der Waals surface area (Å²) in [6, 6.07) is 19.9. The molecule has 0 spiro atoms. The molecule has 0 saturated carbocycles. The lowest BCUT2D eigenvalue weighted by Gasteiger charge is -2.31. The number of aromatic amines is 1. The number of pyridine rings is 1. The minimum Gasteiger partial charge on any atom is -0.338 e. The number of anilines is 1. The first kappa shape index (κ1) is 32.3. The van der Waals surface area contributed by atoms with Gasteiger partial charge in [-0.2, -0.15) is 5.10 Å². The van der Waals surface area contributed by atoms with E-state index in [1.165, 1.54) is 5.57 Å². The van der Waals surface area contributed by atoms with Crippen LogP contribution in [0.3, 0.4) is 0 Å². The molecule has 0 bridgehead atoms. The Bertz CT molecular complexity index is 2000. The Morgan fingerprint density at radius 2 is 1.73 bits per heavy atom. The highest BCUT2D eigenvalue weighted by atomic mass is 16.2. The van der Waals surface area contributed by atoms with E-state index in [0.29, 0.717) is 50.9 Å². The Balaban J connectivity index is 0.991. The molecule has 1 unspecified atom stereocenters. The molecule has 1 saturated heterocycles. The zero-order valence-corrected chi connectivity index (χ0v) is 28.3. The van der Waals surface area contributed by atoms with Crippen molar-refractivity contribution in [2.45, 2.75) is 40.0 Å². The van der Waals surface area contributed by atoms with Gasteiger partial charge in [-0.25, -0.2) is 9.97 Å². The predicted octanol–water partition coefficient (Wildman–Crippen LogP) is 6.38. The highest BCUT2D eigenvalue weighted by Gasteiger charge is 2.45. The standard InChI is InChI=1S/C39H42N8O2/c1-26(2)23-39(38(49)43-32-9-10-34-33(22-32)36(45-44-34)31-11-17-40-27(3)21-31)14-20-46(25-39)24-35(48)47-18-12-29(13-19-47)28-5-7-30(8-6-28)37-41-15-4-16-42-37/h4-12,15-17,21-22,26H,13-14,18-20,23-25H2,1-3H3,(H,43,49)(H,44,45). The first-order valence-corrected chi connectivity index (χ1v) is 17.1. The highest BCUT2D eigenvalue weighted by Crippen LogP contribution is 2.39. The third-order valence-corrected chi connectivity index (χ3v) is 9.70. The maximum Gasteiger partial charge on any atom is 0.237 e. The quantitative estimate of drug-likeness (QED) is 0.189. The number of rotatable bonds is 9. The smallest absolute Gasteiger partial charge is 0.237 e. The average Bonchev–Trinajstić information content (AvgIpc) is 3.73. The second kappa shape index (κ2) is 13.7. The summed E-state index contributed by atoms with van der Waals surface area (Å²) in [6.45, 7) is 9.12. The Labute approximate surface area is 286 Å². The van der Waals surface area contributed by atoms with Crippen molar-refractivity contribution in [2.24, 2.45) is 11.3 Å². The summed E-state index contributed by atoms with van der Waals surface area (Å²) in [6.07, 6.45) is 9.71. The molecule has 5 heterocycles. The number of likely N-dealkylation sites (tertiary alicyclic amines) is 1. The molecule has 2 aliphatic rings. The van der Waals surface area contributed by atoms with E-state index >= 15 is 0 Å². The van der Waals surface area contributed by atoms with Crippen molar-refractivity contribution in [1.82, 2.24) is 34.9 Å². The summed E-state index contributed by atoms with van der Waals surface area (Å²) in [5.41, 5.74) is 7.18. The number of fused-ring (bicyclic) bond motifs is 1. The van der Waals surface area contributed by atoms with Gasteiger partial charge in [0.25, 0.3) is 0 Å². The molecule has 49 heavy (non-hydrogen) atoms. The number of aryl methyl sites for hydroxylation is 1. The van der Waals surface area contributed by atoms with E-state index in [9.17, 15) is 9.59 Å². The number of nitrogens with one attached hydrogen (secondary N) is 2. The van der Waals surface area contributed by atoms with Crippen molar-refractivity contribution >= 4 is 34.0 Å². The number of nitrogens with zero attached hydrogens (tertiary/aromatic N) is 6. The van der Waals surface area contributed by atoms with Crippen molar-refractivity contribution in [3.63, 3.8) is 0 Å². The lowest BCUT2D eigenvalue weighted by molar-refractivity contribution is -0.132. The van der Waals surface area contributed by atoms with Crippen LogP contribution in [0.15, 0.2) is 85.3 Å².